The minimum absolute atomic E-state index is 0.0117. The van der Waals surface area contributed by atoms with Crippen LogP contribution in [-0.2, 0) is 11.4 Å². The number of nitro benzene ring substituents is 1. The summed E-state index contributed by atoms with van der Waals surface area (Å²) in [5.41, 5.74) is 1.96. The Morgan fingerprint density at radius 3 is 2.60 bits per heavy atom. The second-order valence-corrected chi connectivity index (χ2v) is 8.10. The Morgan fingerprint density at radius 2 is 1.91 bits per heavy atom. The molecule has 0 aromatic heterocycles. The number of nitrogens with zero attached hydrogens (tertiary/aromatic N) is 2. The van der Waals surface area contributed by atoms with Crippen molar-refractivity contribution in [2.24, 2.45) is 0 Å². The zero-order chi connectivity index (χ0) is 25.5. The first-order valence-corrected chi connectivity index (χ1v) is 10.9. The first kappa shape index (κ1) is 25.6. The first-order chi connectivity index (χ1) is 16.7. The van der Waals surface area contributed by atoms with Crippen LogP contribution < -0.4 is 14.8 Å². The number of amides is 1. The molecule has 0 saturated carbocycles. The number of rotatable bonds is 8. The van der Waals surface area contributed by atoms with Crippen LogP contribution in [0.1, 0.15) is 16.7 Å². The van der Waals surface area contributed by atoms with Crippen LogP contribution in [0.25, 0.3) is 6.08 Å². The average Bonchev–Trinajstić information content (AvgIpc) is 2.84. The minimum Gasteiger partial charge on any atom is -0.493 e. The fourth-order valence-electron chi connectivity index (χ4n) is 3.13. The van der Waals surface area contributed by atoms with Crippen LogP contribution in [0, 0.1) is 28.4 Å². The SMILES string of the molecule is COc1cc(/C=C(/C#N)C(=O)Nc2cccc(Cl)c2C)cc(Cl)c1OCc1cccc([N+](=O)[O-])c1. The second-order valence-electron chi connectivity index (χ2n) is 7.29. The predicted octanol–water partition coefficient (Wildman–Crippen LogP) is 6.34. The van der Waals surface area contributed by atoms with Crippen LogP contribution >= 0.6 is 23.2 Å². The van der Waals surface area contributed by atoms with Crippen molar-refractivity contribution in [3.05, 3.63) is 97.0 Å². The molecule has 0 unspecified atom stereocenters. The number of hydrogen-bond acceptors (Lipinski definition) is 6. The van der Waals surface area contributed by atoms with E-state index in [0.29, 0.717) is 27.4 Å². The van der Waals surface area contributed by atoms with Crippen LogP contribution in [0.2, 0.25) is 10.0 Å². The lowest BCUT2D eigenvalue weighted by molar-refractivity contribution is -0.384. The minimum atomic E-state index is -0.612. The number of anilines is 1. The summed E-state index contributed by atoms with van der Waals surface area (Å²) in [5, 5.41) is 23.9. The summed E-state index contributed by atoms with van der Waals surface area (Å²) in [7, 11) is 1.42. The number of non-ortho nitro benzene ring substituents is 1. The molecule has 10 heteroatoms. The number of benzene rings is 3. The van der Waals surface area contributed by atoms with Crippen LogP contribution in [0.5, 0.6) is 11.5 Å². The first-order valence-electron chi connectivity index (χ1n) is 10.2. The molecule has 0 bridgehead atoms. The topological polar surface area (TPSA) is 114 Å². The molecule has 0 atom stereocenters. The average molecular weight is 512 g/mol. The van der Waals surface area contributed by atoms with E-state index in [9.17, 15) is 20.2 Å². The van der Waals surface area contributed by atoms with E-state index < -0.39 is 10.8 Å². The molecule has 0 spiro atoms. The van der Waals surface area contributed by atoms with Crippen molar-refractivity contribution in [3.63, 3.8) is 0 Å². The summed E-state index contributed by atoms with van der Waals surface area (Å²) in [4.78, 5) is 23.2. The maximum absolute atomic E-state index is 12.7. The summed E-state index contributed by atoms with van der Waals surface area (Å²) in [5.74, 6) is -0.133. The van der Waals surface area contributed by atoms with E-state index in [1.807, 2.05) is 6.07 Å². The molecule has 1 amide bonds. The number of hydrogen-bond donors (Lipinski definition) is 1. The van der Waals surface area contributed by atoms with Crippen molar-refractivity contribution in [2.75, 3.05) is 12.4 Å². The van der Waals surface area contributed by atoms with Gasteiger partial charge in [-0.1, -0.05) is 41.4 Å². The van der Waals surface area contributed by atoms with Gasteiger partial charge in [0.15, 0.2) is 11.5 Å². The molecule has 8 nitrogen and oxygen atoms in total. The van der Waals surface area contributed by atoms with E-state index in [2.05, 4.69) is 5.32 Å². The molecule has 0 aliphatic heterocycles. The maximum Gasteiger partial charge on any atom is 0.269 e. The monoisotopic (exact) mass is 511 g/mol. The summed E-state index contributed by atoms with van der Waals surface area (Å²) >= 11 is 12.5. The Labute approximate surface area is 211 Å². The van der Waals surface area contributed by atoms with E-state index in [-0.39, 0.29) is 34.4 Å². The number of halogens is 2. The third-order valence-electron chi connectivity index (χ3n) is 4.95. The van der Waals surface area contributed by atoms with E-state index in [1.54, 1.807) is 43.3 Å². The largest absolute Gasteiger partial charge is 0.493 e. The predicted molar refractivity (Wildman–Crippen MR) is 134 cm³/mol. The molecule has 3 aromatic carbocycles. The van der Waals surface area contributed by atoms with Gasteiger partial charge in [-0.25, -0.2) is 0 Å². The number of nitriles is 1. The lowest BCUT2D eigenvalue weighted by Gasteiger charge is -2.14. The lowest BCUT2D eigenvalue weighted by Crippen LogP contribution is -2.14. The lowest BCUT2D eigenvalue weighted by atomic mass is 10.1. The van der Waals surface area contributed by atoms with Crippen molar-refractivity contribution < 1.29 is 19.2 Å². The third-order valence-corrected chi connectivity index (χ3v) is 5.64. The molecule has 0 fully saturated rings. The van der Waals surface area contributed by atoms with Crippen molar-refractivity contribution in [3.8, 4) is 17.6 Å². The second kappa shape index (κ2) is 11.4. The van der Waals surface area contributed by atoms with E-state index in [1.165, 1.54) is 31.4 Å². The normalized spacial score (nSPS) is 10.9. The highest BCUT2D eigenvalue weighted by atomic mass is 35.5. The summed E-state index contributed by atoms with van der Waals surface area (Å²) in [6, 6.07) is 16.1. The van der Waals surface area contributed by atoms with Crippen LogP contribution in [0.4, 0.5) is 11.4 Å². The van der Waals surface area contributed by atoms with Gasteiger partial charge < -0.3 is 14.8 Å². The van der Waals surface area contributed by atoms with Crippen LogP contribution in [-0.4, -0.2) is 17.9 Å². The van der Waals surface area contributed by atoms with Gasteiger partial charge in [-0.15, -0.1) is 0 Å². The highest BCUT2D eigenvalue weighted by Gasteiger charge is 2.16. The molecule has 0 radical (unpaired) electrons. The van der Waals surface area contributed by atoms with Crippen molar-refractivity contribution in [1.29, 1.82) is 5.26 Å². The van der Waals surface area contributed by atoms with E-state index in [0.717, 1.165) is 0 Å². The fourth-order valence-corrected chi connectivity index (χ4v) is 3.57. The Bertz CT molecular complexity index is 1370. The summed E-state index contributed by atoms with van der Waals surface area (Å²) in [6.45, 7) is 1.77. The number of carbonyl (C=O) groups excluding carboxylic acids is 1. The third kappa shape index (κ3) is 6.29. The van der Waals surface area contributed by atoms with Crippen LogP contribution in [0.15, 0.2) is 60.2 Å². The molecule has 35 heavy (non-hydrogen) atoms. The van der Waals surface area contributed by atoms with Gasteiger partial charge in [-0.3, -0.25) is 14.9 Å². The molecular formula is C25H19Cl2N3O5. The molecule has 178 valence electrons. The van der Waals surface area contributed by atoms with Gasteiger partial charge in [-0.05, 0) is 54.0 Å². The molecule has 1 N–H and O–H groups in total. The van der Waals surface area contributed by atoms with E-state index >= 15 is 0 Å². The van der Waals surface area contributed by atoms with Crippen molar-refractivity contribution in [2.45, 2.75) is 13.5 Å². The standard InChI is InChI=1S/C25H19Cl2N3O5/c1-15-20(26)7-4-8-22(15)29-25(31)18(13-28)9-17-11-21(27)24(23(12-17)34-2)35-14-16-5-3-6-19(10-16)30(32)33/h3-12H,14H2,1-2H3,(H,29,31)/b18-9-. The molecule has 3 rings (SSSR count). The Kier molecular flexibility index (Phi) is 8.31. The van der Waals surface area contributed by atoms with Gasteiger partial charge in [0.05, 0.1) is 17.1 Å². The highest BCUT2D eigenvalue weighted by molar-refractivity contribution is 6.32. The van der Waals surface area contributed by atoms with Gasteiger partial charge in [0, 0.05) is 22.8 Å². The fraction of sp³-hybridized carbons (Fsp3) is 0.120. The van der Waals surface area contributed by atoms with Crippen molar-refractivity contribution >= 4 is 46.6 Å². The van der Waals surface area contributed by atoms with E-state index in [4.69, 9.17) is 32.7 Å². The molecule has 0 aliphatic carbocycles. The Balaban J connectivity index is 1.83. The Morgan fingerprint density at radius 1 is 1.17 bits per heavy atom. The number of nitrogens with one attached hydrogen (secondary N) is 1. The molecule has 0 aliphatic rings. The number of carbonyl (C=O) groups is 1. The highest BCUT2D eigenvalue weighted by Crippen LogP contribution is 2.37. The van der Waals surface area contributed by atoms with Gasteiger partial charge in [0.1, 0.15) is 18.2 Å². The quantitative estimate of drug-likeness (QED) is 0.163. The van der Waals surface area contributed by atoms with Crippen molar-refractivity contribution in [1.82, 2.24) is 0 Å². The smallest absolute Gasteiger partial charge is 0.269 e. The summed E-state index contributed by atoms with van der Waals surface area (Å²) < 4.78 is 11.1. The number of nitro groups is 1. The molecule has 0 saturated heterocycles. The molecule has 0 heterocycles. The zero-order valence-corrected chi connectivity index (χ0v) is 20.2. The van der Waals surface area contributed by atoms with Gasteiger partial charge in [0.2, 0.25) is 0 Å². The zero-order valence-electron chi connectivity index (χ0n) is 18.7. The summed E-state index contributed by atoms with van der Waals surface area (Å²) in [6.07, 6.45) is 1.37. The Hall–Kier alpha value is -4.06. The van der Waals surface area contributed by atoms with Gasteiger partial charge in [-0.2, -0.15) is 5.26 Å². The van der Waals surface area contributed by atoms with Gasteiger partial charge in [0.25, 0.3) is 11.6 Å². The molecule has 3 aromatic rings. The molecular weight excluding hydrogens is 493 g/mol. The maximum atomic E-state index is 12.7. The number of ether oxygens (including phenoxy) is 2. The number of methoxy groups -OCH3 is 1. The van der Waals surface area contributed by atoms with Crippen LogP contribution in [0.3, 0.4) is 0 Å². The van der Waals surface area contributed by atoms with Gasteiger partial charge >= 0.3 is 0 Å².